The van der Waals surface area contributed by atoms with Gasteiger partial charge in [0.25, 0.3) is 0 Å². The highest BCUT2D eigenvalue weighted by Crippen LogP contribution is 2.13. The SMILES string of the molecule is C[N+](C)(C)c1ccc2nc(F)cn2n1. The van der Waals surface area contributed by atoms with Crippen LogP contribution < -0.4 is 4.48 Å². The van der Waals surface area contributed by atoms with Crippen molar-refractivity contribution in [2.75, 3.05) is 21.1 Å². The second kappa shape index (κ2) is 2.75. The normalized spacial score (nSPS) is 12.3. The van der Waals surface area contributed by atoms with E-state index in [9.17, 15) is 4.39 Å². The molecule has 0 amide bonds. The Labute approximate surface area is 81.2 Å². The summed E-state index contributed by atoms with van der Waals surface area (Å²) >= 11 is 0. The number of nitrogens with zero attached hydrogens (tertiary/aromatic N) is 4. The van der Waals surface area contributed by atoms with Crippen molar-refractivity contribution in [2.24, 2.45) is 0 Å². The first kappa shape index (κ1) is 9.08. The van der Waals surface area contributed by atoms with Crippen LogP contribution in [0.25, 0.3) is 5.65 Å². The van der Waals surface area contributed by atoms with Crippen LogP contribution in [0.3, 0.4) is 0 Å². The predicted molar refractivity (Wildman–Crippen MR) is 52.5 cm³/mol. The van der Waals surface area contributed by atoms with Crippen molar-refractivity contribution in [1.82, 2.24) is 19.1 Å². The zero-order valence-electron chi connectivity index (χ0n) is 8.40. The summed E-state index contributed by atoms with van der Waals surface area (Å²) in [5.74, 6) is 0.353. The largest absolute Gasteiger partial charge is 0.281 e. The molecule has 74 valence electrons. The van der Waals surface area contributed by atoms with E-state index in [0.717, 1.165) is 5.82 Å². The Morgan fingerprint density at radius 1 is 1.29 bits per heavy atom. The van der Waals surface area contributed by atoms with Crippen LogP contribution in [-0.2, 0) is 0 Å². The maximum atomic E-state index is 12.8. The smallest absolute Gasteiger partial charge is 0.244 e. The lowest BCUT2D eigenvalue weighted by Gasteiger charge is -2.21. The molecule has 0 spiro atoms. The van der Waals surface area contributed by atoms with Crippen LogP contribution in [0, 0.1) is 5.95 Å². The van der Waals surface area contributed by atoms with E-state index in [4.69, 9.17) is 0 Å². The Morgan fingerprint density at radius 3 is 2.64 bits per heavy atom. The van der Waals surface area contributed by atoms with Crippen LogP contribution in [0.4, 0.5) is 10.2 Å². The fraction of sp³-hybridized carbons (Fsp3) is 0.333. The van der Waals surface area contributed by atoms with Crippen molar-refractivity contribution in [3.05, 3.63) is 24.3 Å². The average Bonchev–Trinajstić information content (AvgIpc) is 2.41. The number of hydrogen-bond donors (Lipinski definition) is 0. The van der Waals surface area contributed by atoms with E-state index in [1.54, 1.807) is 6.07 Å². The van der Waals surface area contributed by atoms with Crippen LogP contribution in [0.1, 0.15) is 0 Å². The highest BCUT2D eigenvalue weighted by molar-refractivity contribution is 5.43. The van der Waals surface area contributed by atoms with Crippen LogP contribution in [0.15, 0.2) is 18.3 Å². The number of fused-ring (bicyclic) bond motifs is 1. The molecule has 2 heterocycles. The van der Waals surface area contributed by atoms with Crippen molar-refractivity contribution < 1.29 is 4.39 Å². The molecule has 4 nitrogen and oxygen atoms in total. The molecular weight excluding hydrogens is 183 g/mol. The van der Waals surface area contributed by atoms with Gasteiger partial charge in [-0.3, -0.25) is 4.48 Å². The van der Waals surface area contributed by atoms with Gasteiger partial charge in [-0.25, -0.2) is 4.52 Å². The van der Waals surface area contributed by atoms with E-state index in [1.807, 2.05) is 27.2 Å². The molecule has 0 fully saturated rings. The third-order valence-electron chi connectivity index (χ3n) is 1.96. The molecule has 0 aliphatic heterocycles. The monoisotopic (exact) mass is 195 g/mol. The molecular formula is C9H12FN4+. The molecule has 0 saturated heterocycles. The minimum Gasteiger partial charge on any atom is -0.281 e. The maximum absolute atomic E-state index is 12.8. The highest BCUT2D eigenvalue weighted by atomic mass is 19.1. The van der Waals surface area contributed by atoms with Crippen LogP contribution in [0.2, 0.25) is 0 Å². The minimum absolute atomic E-state index is 0.504. The summed E-state index contributed by atoms with van der Waals surface area (Å²) in [5.41, 5.74) is 0.528. The van der Waals surface area contributed by atoms with Crippen molar-refractivity contribution in [3.8, 4) is 0 Å². The van der Waals surface area contributed by atoms with Crippen molar-refractivity contribution >= 4 is 11.5 Å². The van der Waals surface area contributed by atoms with Gasteiger partial charge in [-0.15, -0.1) is 5.10 Å². The van der Waals surface area contributed by atoms with Crippen molar-refractivity contribution in [2.45, 2.75) is 0 Å². The summed E-state index contributed by atoms with van der Waals surface area (Å²) in [4.78, 5) is 3.66. The average molecular weight is 195 g/mol. The summed E-state index contributed by atoms with van der Waals surface area (Å²) < 4.78 is 14.8. The molecule has 14 heavy (non-hydrogen) atoms. The number of imidazole rings is 1. The van der Waals surface area contributed by atoms with Gasteiger partial charge in [-0.2, -0.15) is 9.37 Å². The lowest BCUT2D eigenvalue weighted by atomic mass is 10.4. The molecule has 0 atom stereocenters. The van der Waals surface area contributed by atoms with Crippen molar-refractivity contribution in [3.63, 3.8) is 0 Å². The second-order valence-electron chi connectivity index (χ2n) is 4.07. The van der Waals surface area contributed by atoms with E-state index >= 15 is 0 Å². The Bertz CT molecular complexity index is 469. The van der Waals surface area contributed by atoms with E-state index in [-0.39, 0.29) is 0 Å². The van der Waals surface area contributed by atoms with Crippen molar-refractivity contribution in [1.29, 1.82) is 0 Å². The van der Waals surface area contributed by atoms with Gasteiger partial charge in [-0.05, 0) is 6.07 Å². The van der Waals surface area contributed by atoms with Crippen LogP contribution >= 0.6 is 0 Å². The summed E-state index contributed by atoms with van der Waals surface area (Å²) in [5, 5.41) is 4.25. The molecule has 0 unspecified atom stereocenters. The standard InChI is InChI=1S/C9H12FN4/c1-14(2,3)9-5-4-8-11-7(10)6-13(8)12-9/h4-6H,1-3H3/q+1. The first-order chi connectivity index (χ1) is 6.47. The van der Waals surface area contributed by atoms with Gasteiger partial charge in [0, 0.05) is 6.07 Å². The Morgan fingerprint density at radius 2 is 2.00 bits per heavy atom. The third kappa shape index (κ3) is 1.46. The Hall–Kier alpha value is -1.49. The molecule has 2 rings (SSSR count). The van der Waals surface area contributed by atoms with Gasteiger partial charge in [0.05, 0.1) is 27.3 Å². The number of aromatic nitrogens is 3. The van der Waals surface area contributed by atoms with E-state index in [1.165, 1.54) is 10.7 Å². The molecule has 2 aromatic heterocycles. The minimum atomic E-state index is -0.504. The molecule has 0 bridgehead atoms. The Balaban J connectivity index is 2.62. The van der Waals surface area contributed by atoms with E-state index in [0.29, 0.717) is 10.1 Å². The summed E-state index contributed by atoms with van der Waals surface area (Å²) in [6.07, 6.45) is 1.27. The van der Waals surface area contributed by atoms with Crippen LogP contribution in [0.5, 0.6) is 0 Å². The maximum Gasteiger partial charge on any atom is 0.244 e. The molecule has 0 saturated carbocycles. The van der Waals surface area contributed by atoms with Gasteiger partial charge in [-0.1, -0.05) is 0 Å². The number of quaternary nitrogens is 1. The fourth-order valence-electron chi connectivity index (χ4n) is 1.20. The quantitative estimate of drug-likeness (QED) is 0.637. The zero-order valence-corrected chi connectivity index (χ0v) is 8.40. The third-order valence-corrected chi connectivity index (χ3v) is 1.96. The molecule has 5 heteroatoms. The number of hydrogen-bond acceptors (Lipinski definition) is 2. The molecule has 0 aliphatic carbocycles. The van der Waals surface area contributed by atoms with Gasteiger partial charge in [0.15, 0.2) is 5.65 Å². The summed E-state index contributed by atoms with van der Waals surface area (Å²) in [6, 6.07) is 3.61. The molecule has 0 aromatic carbocycles. The van der Waals surface area contributed by atoms with Gasteiger partial charge in [0.2, 0.25) is 11.8 Å². The van der Waals surface area contributed by atoms with E-state index in [2.05, 4.69) is 10.1 Å². The summed E-state index contributed by atoms with van der Waals surface area (Å²) in [7, 11) is 6.00. The zero-order chi connectivity index (χ0) is 10.3. The van der Waals surface area contributed by atoms with Gasteiger partial charge in [0.1, 0.15) is 0 Å². The molecule has 0 aliphatic rings. The lowest BCUT2D eigenvalue weighted by Crippen LogP contribution is -2.36. The highest BCUT2D eigenvalue weighted by Gasteiger charge is 2.15. The molecule has 0 N–H and O–H groups in total. The van der Waals surface area contributed by atoms with Crippen LogP contribution in [-0.4, -0.2) is 35.7 Å². The first-order valence-corrected chi connectivity index (χ1v) is 4.31. The molecule has 0 radical (unpaired) electrons. The predicted octanol–water partition coefficient (Wildman–Crippen LogP) is 1.07. The van der Waals surface area contributed by atoms with Gasteiger partial charge < -0.3 is 0 Å². The van der Waals surface area contributed by atoms with E-state index < -0.39 is 5.95 Å². The second-order valence-corrected chi connectivity index (χ2v) is 4.07. The fourth-order valence-corrected chi connectivity index (χ4v) is 1.20. The Kier molecular flexibility index (Phi) is 1.78. The summed E-state index contributed by atoms with van der Waals surface area (Å²) in [6.45, 7) is 0. The number of halogens is 1. The first-order valence-electron chi connectivity index (χ1n) is 4.31. The van der Waals surface area contributed by atoms with Gasteiger partial charge >= 0.3 is 0 Å². The molecule has 2 aromatic rings. The lowest BCUT2D eigenvalue weighted by molar-refractivity contribution is 0.465. The topological polar surface area (TPSA) is 30.2 Å². The number of rotatable bonds is 1.